The monoisotopic (exact) mass is 523 g/mol. The maximum Gasteiger partial charge on any atom is 0.191 e. The molecule has 0 amide bonds. The lowest BCUT2D eigenvalue weighted by Gasteiger charge is -2.12. The van der Waals surface area contributed by atoms with Crippen LogP contribution < -0.4 is 10.6 Å². The standard InChI is InChI=1S/C22H26ClN5.HI/c1-3-24-22(27-15-20-9-4-5-10-21(20)23)26-14-18-7-6-8-19(13-18)16-28-12-11-25-17(28)2;/h4-13H,3,14-16H2,1-2H3,(H2,24,26,27);1H. The molecular formula is C22H27ClIN5. The van der Waals surface area contributed by atoms with Gasteiger partial charge in [0.25, 0.3) is 0 Å². The number of halogens is 2. The maximum absolute atomic E-state index is 6.24. The molecule has 0 radical (unpaired) electrons. The van der Waals surface area contributed by atoms with E-state index >= 15 is 0 Å². The van der Waals surface area contributed by atoms with Crippen LogP contribution in [0.3, 0.4) is 0 Å². The number of hydrogen-bond donors (Lipinski definition) is 2. The van der Waals surface area contributed by atoms with Crippen LogP contribution in [0, 0.1) is 6.92 Å². The smallest absolute Gasteiger partial charge is 0.191 e. The molecule has 0 aliphatic rings. The van der Waals surface area contributed by atoms with Crippen LogP contribution in [0.4, 0.5) is 0 Å². The molecule has 0 aliphatic carbocycles. The molecule has 0 bridgehead atoms. The van der Waals surface area contributed by atoms with E-state index in [1.54, 1.807) is 0 Å². The highest BCUT2D eigenvalue weighted by atomic mass is 127. The summed E-state index contributed by atoms with van der Waals surface area (Å²) in [4.78, 5) is 9.00. The van der Waals surface area contributed by atoms with Crippen LogP contribution in [-0.2, 0) is 19.6 Å². The minimum absolute atomic E-state index is 0. The summed E-state index contributed by atoms with van der Waals surface area (Å²) in [5, 5.41) is 7.39. The van der Waals surface area contributed by atoms with E-state index in [1.165, 1.54) is 11.1 Å². The third kappa shape index (κ3) is 7.04. The molecule has 7 heteroatoms. The first kappa shape index (κ1) is 23.2. The Morgan fingerprint density at radius 2 is 1.90 bits per heavy atom. The fraction of sp³-hybridized carbons (Fsp3) is 0.273. The Kier molecular flexibility index (Phi) is 9.47. The second-order valence-electron chi connectivity index (χ2n) is 6.56. The molecule has 0 spiro atoms. The number of aryl methyl sites for hydroxylation is 1. The topological polar surface area (TPSA) is 54.2 Å². The zero-order chi connectivity index (χ0) is 19.8. The Balaban J connectivity index is 0.00000300. The summed E-state index contributed by atoms with van der Waals surface area (Å²) in [6.07, 6.45) is 3.83. The van der Waals surface area contributed by atoms with Crippen molar-refractivity contribution in [3.63, 3.8) is 0 Å². The van der Waals surface area contributed by atoms with E-state index in [9.17, 15) is 0 Å². The first-order chi connectivity index (χ1) is 13.7. The maximum atomic E-state index is 6.24. The van der Waals surface area contributed by atoms with Crippen molar-refractivity contribution >= 4 is 41.5 Å². The molecule has 3 rings (SSSR count). The molecule has 5 nitrogen and oxygen atoms in total. The fourth-order valence-electron chi connectivity index (χ4n) is 2.93. The normalized spacial score (nSPS) is 11.1. The molecule has 154 valence electrons. The quantitative estimate of drug-likeness (QED) is 0.267. The van der Waals surface area contributed by atoms with Gasteiger partial charge in [0.1, 0.15) is 5.82 Å². The van der Waals surface area contributed by atoms with Crippen molar-refractivity contribution in [3.8, 4) is 0 Å². The predicted octanol–water partition coefficient (Wildman–Crippen LogP) is 4.77. The van der Waals surface area contributed by atoms with Gasteiger partial charge in [-0.05, 0) is 36.6 Å². The lowest BCUT2D eigenvalue weighted by Crippen LogP contribution is -2.36. The third-order valence-electron chi connectivity index (χ3n) is 4.44. The van der Waals surface area contributed by atoms with E-state index in [1.807, 2.05) is 43.6 Å². The van der Waals surface area contributed by atoms with Crippen LogP contribution in [0.2, 0.25) is 5.02 Å². The molecule has 0 unspecified atom stereocenters. The number of rotatable bonds is 7. The van der Waals surface area contributed by atoms with Gasteiger partial charge in [-0.15, -0.1) is 24.0 Å². The Morgan fingerprint density at radius 1 is 1.10 bits per heavy atom. The van der Waals surface area contributed by atoms with E-state index in [4.69, 9.17) is 16.6 Å². The van der Waals surface area contributed by atoms with Crippen molar-refractivity contribution < 1.29 is 0 Å². The van der Waals surface area contributed by atoms with E-state index in [0.717, 1.165) is 35.5 Å². The van der Waals surface area contributed by atoms with Gasteiger partial charge in [-0.2, -0.15) is 0 Å². The highest BCUT2D eigenvalue weighted by Crippen LogP contribution is 2.14. The molecule has 29 heavy (non-hydrogen) atoms. The van der Waals surface area contributed by atoms with Gasteiger partial charge in [0.05, 0.1) is 6.54 Å². The second-order valence-corrected chi connectivity index (χ2v) is 6.97. The van der Waals surface area contributed by atoms with E-state index in [0.29, 0.717) is 13.1 Å². The summed E-state index contributed by atoms with van der Waals surface area (Å²) >= 11 is 6.24. The van der Waals surface area contributed by atoms with Gasteiger partial charge in [-0.25, -0.2) is 9.98 Å². The highest BCUT2D eigenvalue weighted by Gasteiger charge is 2.03. The molecule has 2 N–H and O–H groups in total. The van der Waals surface area contributed by atoms with Gasteiger partial charge in [0, 0.05) is 37.1 Å². The second kappa shape index (κ2) is 11.8. The van der Waals surface area contributed by atoms with Crippen molar-refractivity contribution in [2.75, 3.05) is 6.54 Å². The van der Waals surface area contributed by atoms with Crippen molar-refractivity contribution in [2.24, 2.45) is 4.99 Å². The Bertz CT molecular complexity index is 938. The van der Waals surface area contributed by atoms with Crippen LogP contribution in [0.15, 0.2) is 65.9 Å². The van der Waals surface area contributed by atoms with Gasteiger partial charge in [0.2, 0.25) is 0 Å². The summed E-state index contributed by atoms with van der Waals surface area (Å²) < 4.78 is 2.14. The molecule has 2 aromatic carbocycles. The van der Waals surface area contributed by atoms with Crippen LogP contribution in [0.25, 0.3) is 0 Å². The molecule has 0 fully saturated rings. The summed E-state index contributed by atoms with van der Waals surface area (Å²) in [6.45, 7) is 6.92. The number of benzene rings is 2. The average molecular weight is 524 g/mol. The summed E-state index contributed by atoms with van der Waals surface area (Å²) in [6, 6.07) is 16.3. The first-order valence-electron chi connectivity index (χ1n) is 9.47. The van der Waals surface area contributed by atoms with Crippen molar-refractivity contribution in [1.29, 1.82) is 0 Å². The largest absolute Gasteiger partial charge is 0.357 e. The van der Waals surface area contributed by atoms with Gasteiger partial charge in [0.15, 0.2) is 5.96 Å². The molecule has 0 saturated carbocycles. The predicted molar refractivity (Wildman–Crippen MR) is 131 cm³/mol. The SMILES string of the molecule is CCNC(=NCc1cccc(Cn2ccnc2C)c1)NCc1ccccc1Cl.I. The average Bonchev–Trinajstić information content (AvgIpc) is 3.10. The summed E-state index contributed by atoms with van der Waals surface area (Å²) in [7, 11) is 0. The number of nitrogens with one attached hydrogen (secondary N) is 2. The van der Waals surface area contributed by atoms with Crippen molar-refractivity contribution in [2.45, 2.75) is 33.5 Å². The van der Waals surface area contributed by atoms with Crippen LogP contribution >= 0.6 is 35.6 Å². The number of imidazole rings is 1. The number of aliphatic imine (C=N–C) groups is 1. The Morgan fingerprint density at radius 3 is 2.62 bits per heavy atom. The van der Waals surface area contributed by atoms with Gasteiger partial charge >= 0.3 is 0 Å². The van der Waals surface area contributed by atoms with Crippen molar-refractivity contribution in [1.82, 2.24) is 20.2 Å². The van der Waals surface area contributed by atoms with Crippen molar-refractivity contribution in [3.05, 3.63) is 88.5 Å². The zero-order valence-electron chi connectivity index (χ0n) is 16.7. The van der Waals surface area contributed by atoms with Crippen LogP contribution in [0.1, 0.15) is 29.4 Å². The fourth-order valence-corrected chi connectivity index (χ4v) is 3.13. The highest BCUT2D eigenvalue weighted by molar-refractivity contribution is 14.0. The molecule has 0 aliphatic heterocycles. The van der Waals surface area contributed by atoms with Gasteiger partial charge in [-0.1, -0.05) is 54.1 Å². The third-order valence-corrected chi connectivity index (χ3v) is 4.80. The molecular weight excluding hydrogens is 497 g/mol. The van der Waals surface area contributed by atoms with E-state index in [2.05, 4.69) is 51.4 Å². The molecule has 1 aromatic heterocycles. The molecule has 1 heterocycles. The van der Waals surface area contributed by atoms with E-state index in [-0.39, 0.29) is 24.0 Å². The molecule has 0 saturated heterocycles. The van der Waals surface area contributed by atoms with Crippen LogP contribution in [0.5, 0.6) is 0 Å². The minimum atomic E-state index is 0. The summed E-state index contributed by atoms with van der Waals surface area (Å²) in [5.74, 6) is 1.79. The minimum Gasteiger partial charge on any atom is -0.357 e. The van der Waals surface area contributed by atoms with Gasteiger partial charge < -0.3 is 15.2 Å². The first-order valence-corrected chi connectivity index (χ1v) is 9.84. The zero-order valence-corrected chi connectivity index (χ0v) is 19.8. The number of nitrogens with zero attached hydrogens (tertiary/aromatic N) is 3. The van der Waals surface area contributed by atoms with E-state index < -0.39 is 0 Å². The molecule has 0 atom stereocenters. The summed E-state index contributed by atoms with van der Waals surface area (Å²) in [5.41, 5.74) is 3.46. The Labute approximate surface area is 194 Å². The van der Waals surface area contributed by atoms with Gasteiger partial charge in [-0.3, -0.25) is 0 Å². The molecule has 3 aromatic rings. The number of aromatic nitrogens is 2. The number of hydrogen-bond acceptors (Lipinski definition) is 2. The number of guanidine groups is 1. The lowest BCUT2D eigenvalue weighted by molar-refractivity contribution is 0.760. The lowest BCUT2D eigenvalue weighted by atomic mass is 10.1. The Hall–Kier alpha value is -2.06. The van der Waals surface area contributed by atoms with Crippen LogP contribution in [-0.4, -0.2) is 22.1 Å².